The van der Waals surface area contributed by atoms with Gasteiger partial charge in [-0.15, -0.1) is 0 Å². The third kappa shape index (κ3) is 9.86. The van der Waals surface area contributed by atoms with Gasteiger partial charge in [0.2, 0.25) is 0 Å². The molecule has 0 saturated carbocycles. The van der Waals surface area contributed by atoms with Crippen molar-refractivity contribution in [2.24, 2.45) is 0 Å². The van der Waals surface area contributed by atoms with Crippen molar-refractivity contribution in [1.82, 2.24) is 9.80 Å². The lowest BCUT2D eigenvalue weighted by Gasteiger charge is -2.48. The molecule has 0 amide bonds. The molecule has 0 unspecified atom stereocenters. The van der Waals surface area contributed by atoms with Gasteiger partial charge < -0.3 is 4.74 Å². The minimum absolute atomic E-state index is 0.00792. The summed E-state index contributed by atoms with van der Waals surface area (Å²) in [6.07, 6.45) is -1.82. The number of ether oxygens (including phenoxy) is 1. The van der Waals surface area contributed by atoms with E-state index in [0.29, 0.717) is 19.1 Å². The average molecular weight is 365 g/mol. The molecule has 2 aliphatic heterocycles. The van der Waals surface area contributed by atoms with Gasteiger partial charge in [-0.2, -0.15) is 0 Å². The van der Waals surface area contributed by atoms with Crippen molar-refractivity contribution in [3.8, 4) is 0 Å². The Balaban J connectivity index is 0.000000430. The highest BCUT2D eigenvalue weighted by atomic mass is 19.1. The maximum Gasteiger partial charge on any atom is 0.116 e. The molecule has 0 bridgehead atoms. The second-order valence-electron chi connectivity index (χ2n) is 8.40. The lowest BCUT2D eigenvalue weighted by molar-refractivity contribution is -0.185. The SMILES string of the molecule is CC.CC(C)N1CC(C)(C)OC(C)(C)C1.CCN1C[C@H](F)C[C@H](F)C1. The van der Waals surface area contributed by atoms with Gasteiger partial charge in [0.1, 0.15) is 12.3 Å². The van der Waals surface area contributed by atoms with Gasteiger partial charge in [0.15, 0.2) is 0 Å². The molecule has 3 nitrogen and oxygen atoms in total. The minimum atomic E-state index is -0.955. The fourth-order valence-electron chi connectivity index (χ4n) is 3.53. The molecule has 2 rings (SSSR count). The molecule has 0 N–H and O–H groups in total. The van der Waals surface area contributed by atoms with Gasteiger partial charge >= 0.3 is 0 Å². The Kier molecular flexibility index (Phi) is 10.7. The Morgan fingerprint density at radius 3 is 1.68 bits per heavy atom. The number of piperidine rings is 1. The first-order valence-electron chi connectivity index (χ1n) is 9.89. The first-order chi connectivity index (χ1) is 11.4. The van der Waals surface area contributed by atoms with Crippen LogP contribution in [0.2, 0.25) is 0 Å². The Morgan fingerprint density at radius 2 is 1.36 bits per heavy atom. The van der Waals surface area contributed by atoms with Crippen LogP contribution in [-0.2, 0) is 4.74 Å². The van der Waals surface area contributed by atoms with Crippen LogP contribution < -0.4 is 0 Å². The molecule has 152 valence electrons. The molecule has 0 aromatic heterocycles. The van der Waals surface area contributed by atoms with E-state index >= 15 is 0 Å². The van der Waals surface area contributed by atoms with Crippen LogP contribution in [0.15, 0.2) is 0 Å². The summed E-state index contributed by atoms with van der Waals surface area (Å²) in [7, 11) is 0. The zero-order chi connectivity index (χ0) is 19.8. The van der Waals surface area contributed by atoms with Crippen molar-refractivity contribution in [2.75, 3.05) is 32.7 Å². The summed E-state index contributed by atoms with van der Waals surface area (Å²) in [4.78, 5) is 4.29. The van der Waals surface area contributed by atoms with Gasteiger partial charge in [0, 0.05) is 38.6 Å². The summed E-state index contributed by atoms with van der Waals surface area (Å²) < 4.78 is 31.2. The lowest BCUT2D eigenvalue weighted by Crippen LogP contribution is -2.58. The van der Waals surface area contributed by atoms with Crippen molar-refractivity contribution >= 4 is 0 Å². The molecule has 0 spiro atoms. The Morgan fingerprint density at radius 1 is 0.960 bits per heavy atom. The van der Waals surface area contributed by atoms with Crippen molar-refractivity contribution in [1.29, 1.82) is 0 Å². The summed E-state index contributed by atoms with van der Waals surface area (Å²) >= 11 is 0. The van der Waals surface area contributed by atoms with E-state index in [-0.39, 0.29) is 17.6 Å². The standard InChI is InChI=1S/C11H23NO.C7H13F2N.C2H6/c1-9(2)12-7-10(3,4)13-11(5,6)8-12;1-2-10-4-6(8)3-7(9)5-10;1-2/h9H,7-8H2,1-6H3;6-7H,2-5H2,1H3;1-2H3/t;6-,7+;. The summed E-state index contributed by atoms with van der Waals surface area (Å²) in [6, 6.07) is 0.613. The van der Waals surface area contributed by atoms with E-state index in [0.717, 1.165) is 19.6 Å². The van der Waals surface area contributed by atoms with E-state index in [1.54, 1.807) is 4.90 Å². The molecule has 0 aromatic rings. The Labute approximate surface area is 155 Å². The van der Waals surface area contributed by atoms with Crippen molar-refractivity contribution in [3.63, 3.8) is 0 Å². The van der Waals surface area contributed by atoms with Crippen molar-refractivity contribution in [2.45, 2.75) is 98.3 Å². The van der Waals surface area contributed by atoms with Gasteiger partial charge in [-0.05, 0) is 48.1 Å². The number of hydrogen-bond acceptors (Lipinski definition) is 3. The van der Waals surface area contributed by atoms with E-state index in [9.17, 15) is 8.78 Å². The van der Waals surface area contributed by atoms with Crippen LogP contribution in [-0.4, -0.2) is 72.1 Å². The van der Waals surface area contributed by atoms with Gasteiger partial charge in [-0.25, -0.2) is 8.78 Å². The van der Waals surface area contributed by atoms with E-state index in [2.05, 4.69) is 46.4 Å². The summed E-state index contributed by atoms with van der Waals surface area (Å²) in [5.74, 6) is 0. The molecule has 2 heterocycles. The smallest absolute Gasteiger partial charge is 0.116 e. The first kappa shape index (κ1) is 24.7. The fourth-order valence-corrected chi connectivity index (χ4v) is 3.53. The van der Waals surface area contributed by atoms with Crippen molar-refractivity contribution < 1.29 is 13.5 Å². The van der Waals surface area contributed by atoms with Gasteiger partial charge in [-0.1, -0.05) is 20.8 Å². The lowest BCUT2D eigenvalue weighted by atomic mass is 9.98. The van der Waals surface area contributed by atoms with Crippen LogP contribution in [0.1, 0.15) is 68.7 Å². The van der Waals surface area contributed by atoms with Crippen LogP contribution in [0, 0.1) is 0 Å². The predicted molar refractivity (Wildman–Crippen MR) is 104 cm³/mol. The maximum atomic E-state index is 12.6. The molecule has 2 atom stereocenters. The quantitative estimate of drug-likeness (QED) is 0.706. The third-order valence-electron chi connectivity index (χ3n) is 4.32. The normalized spacial score (nSPS) is 29.3. The number of likely N-dealkylation sites (tertiary alicyclic amines) is 1. The molecule has 0 aliphatic carbocycles. The van der Waals surface area contributed by atoms with E-state index in [1.165, 1.54) is 0 Å². The highest BCUT2D eigenvalue weighted by molar-refractivity contribution is 4.90. The molecular weight excluding hydrogens is 322 g/mol. The maximum absolute atomic E-state index is 12.6. The molecular formula is C20H42F2N2O. The Bertz CT molecular complexity index is 336. The van der Waals surface area contributed by atoms with Crippen molar-refractivity contribution in [3.05, 3.63) is 0 Å². The number of alkyl halides is 2. The number of nitrogens with zero attached hydrogens (tertiary/aromatic N) is 2. The third-order valence-corrected chi connectivity index (χ3v) is 4.32. The van der Waals surface area contributed by atoms with E-state index < -0.39 is 12.3 Å². The van der Waals surface area contributed by atoms with Gasteiger partial charge in [0.05, 0.1) is 11.2 Å². The monoisotopic (exact) mass is 364 g/mol. The van der Waals surface area contributed by atoms with E-state index in [1.807, 2.05) is 20.8 Å². The molecule has 2 aliphatic rings. The zero-order valence-electron chi connectivity index (χ0n) is 18.0. The molecule has 0 radical (unpaired) electrons. The van der Waals surface area contributed by atoms with Gasteiger partial charge in [-0.3, -0.25) is 9.80 Å². The number of halogens is 2. The number of rotatable bonds is 2. The van der Waals surface area contributed by atoms with Crippen LogP contribution >= 0.6 is 0 Å². The summed E-state index contributed by atoms with van der Waals surface area (Å²) in [6.45, 7) is 22.7. The topological polar surface area (TPSA) is 15.7 Å². The second-order valence-corrected chi connectivity index (χ2v) is 8.40. The zero-order valence-corrected chi connectivity index (χ0v) is 18.0. The van der Waals surface area contributed by atoms with Crippen LogP contribution in [0.3, 0.4) is 0 Å². The van der Waals surface area contributed by atoms with Crippen LogP contribution in [0.25, 0.3) is 0 Å². The predicted octanol–water partition coefficient (Wildman–Crippen LogP) is 4.70. The van der Waals surface area contributed by atoms with Crippen LogP contribution in [0.5, 0.6) is 0 Å². The molecule has 0 aromatic carbocycles. The minimum Gasteiger partial charge on any atom is -0.367 e. The molecule has 5 heteroatoms. The largest absolute Gasteiger partial charge is 0.367 e. The second kappa shape index (κ2) is 10.8. The fraction of sp³-hybridized carbons (Fsp3) is 1.00. The molecule has 2 saturated heterocycles. The first-order valence-corrected chi connectivity index (χ1v) is 9.89. The number of morpholine rings is 1. The number of hydrogen-bond donors (Lipinski definition) is 0. The summed E-state index contributed by atoms with van der Waals surface area (Å²) in [5.41, 5.74) is -0.0158. The highest BCUT2D eigenvalue weighted by Gasteiger charge is 2.38. The van der Waals surface area contributed by atoms with Gasteiger partial charge in [0.25, 0.3) is 0 Å². The van der Waals surface area contributed by atoms with E-state index in [4.69, 9.17) is 4.74 Å². The molecule has 2 fully saturated rings. The van der Waals surface area contributed by atoms with Crippen LogP contribution in [0.4, 0.5) is 8.78 Å². The average Bonchev–Trinajstić information content (AvgIpc) is 2.45. The molecule has 25 heavy (non-hydrogen) atoms. The Hall–Kier alpha value is -0.260. The highest BCUT2D eigenvalue weighted by Crippen LogP contribution is 2.28. The summed E-state index contributed by atoms with van der Waals surface area (Å²) in [5, 5.41) is 0.